The van der Waals surface area contributed by atoms with Crippen molar-refractivity contribution in [3.05, 3.63) is 17.7 Å². The Balaban J connectivity index is 2.28. The molecule has 0 saturated heterocycles. The molecule has 6 nitrogen and oxygen atoms in total. The zero-order chi connectivity index (χ0) is 11.5. The van der Waals surface area contributed by atoms with Crippen LogP contribution in [0.2, 0.25) is 0 Å². The third-order valence-electron chi connectivity index (χ3n) is 1.87. The number of hydrazine groups is 1. The Morgan fingerprint density at radius 1 is 1.38 bits per heavy atom. The van der Waals surface area contributed by atoms with Gasteiger partial charge in [-0.3, -0.25) is 0 Å². The lowest BCUT2D eigenvalue weighted by Crippen LogP contribution is -2.10. The van der Waals surface area contributed by atoms with E-state index in [9.17, 15) is 0 Å². The third kappa shape index (κ3) is 2.29. The van der Waals surface area contributed by atoms with Gasteiger partial charge in [0.1, 0.15) is 23.0 Å². The average Bonchev–Trinajstić information content (AvgIpc) is 2.67. The van der Waals surface area contributed by atoms with E-state index in [0.717, 1.165) is 20.8 Å². The molecule has 84 valence electrons. The SMILES string of the molecule is Cc1nsc(Sc2ncnc(NN)c2C)n1. The fourth-order valence-electron chi connectivity index (χ4n) is 1.08. The Morgan fingerprint density at radius 2 is 2.19 bits per heavy atom. The number of nitrogens with one attached hydrogen (secondary N) is 1. The molecular formula is C8H10N6S2. The van der Waals surface area contributed by atoms with Gasteiger partial charge in [0.15, 0.2) is 4.34 Å². The molecule has 0 aromatic carbocycles. The van der Waals surface area contributed by atoms with Crippen molar-refractivity contribution in [3.63, 3.8) is 0 Å². The second kappa shape index (κ2) is 4.73. The highest BCUT2D eigenvalue weighted by Crippen LogP contribution is 2.31. The first-order valence-electron chi connectivity index (χ1n) is 4.47. The normalized spacial score (nSPS) is 10.4. The van der Waals surface area contributed by atoms with Gasteiger partial charge >= 0.3 is 0 Å². The summed E-state index contributed by atoms with van der Waals surface area (Å²) >= 11 is 2.82. The van der Waals surface area contributed by atoms with Crippen LogP contribution in [0.1, 0.15) is 11.4 Å². The van der Waals surface area contributed by atoms with Crippen LogP contribution in [0.3, 0.4) is 0 Å². The summed E-state index contributed by atoms with van der Waals surface area (Å²) in [5.41, 5.74) is 3.43. The van der Waals surface area contributed by atoms with E-state index < -0.39 is 0 Å². The lowest BCUT2D eigenvalue weighted by atomic mass is 10.3. The van der Waals surface area contributed by atoms with Crippen LogP contribution in [0, 0.1) is 13.8 Å². The van der Waals surface area contributed by atoms with E-state index in [1.165, 1.54) is 29.6 Å². The fraction of sp³-hybridized carbons (Fsp3) is 0.250. The van der Waals surface area contributed by atoms with Gasteiger partial charge in [-0.25, -0.2) is 20.8 Å². The standard InChI is InChI=1S/C8H10N6S2/c1-4-6(13-9)10-3-11-7(4)15-8-12-5(2)14-16-8/h3H,9H2,1-2H3,(H,10,11,13). The highest BCUT2D eigenvalue weighted by atomic mass is 32.2. The van der Waals surface area contributed by atoms with E-state index in [1.807, 2.05) is 13.8 Å². The zero-order valence-electron chi connectivity index (χ0n) is 8.76. The average molecular weight is 254 g/mol. The number of nitrogens with two attached hydrogens (primary N) is 1. The number of aryl methyl sites for hydroxylation is 1. The molecule has 0 aliphatic rings. The van der Waals surface area contributed by atoms with Crippen molar-refractivity contribution >= 4 is 29.1 Å². The highest BCUT2D eigenvalue weighted by molar-refractivity contribution is 8.00. The Morgan fingerprint density at radius 3 is 2.81 bits per heavy atom. The summed E-state index contributed by atoms with van der Waals surface area (Å²) in [6.07, 6.45) is 1.47. The van der Waals surface area contributed by atoms with Crippen molar-refractivity contribution in [2.45, 2.75) is 23.2 Å². The van der Waals surface area contributed by atoms with E-state index >= 15 is 0 Å². The lowest BCUT2D eigenvalue weighted by molar-refractivity contribution is 0.993. The molecule has 0 spiro atoms. The summed E-state index contributed by atoms with van der Waals surface area (Å²) < 4.78 is 4.97. The first kappa shape index (κ1) is 11.2. The van der Waals surface area contributed by atoms with Crippen LogP contribution in [0.4, 0.5) is 5.82 Å². The van der Waals surface area contributed by atoms with Gasteiger partial charge in [-0.05, 0) is 37.1 Å². The summed E-state index contributed by atoms with van der Waals surface area (Å²) in [7, 11) is 0. The van der Waals surface area contributed by atoms with Gasteiger partial charge in [-0.15, -0.1) is 0 Å². The van der Waals surface area contributed by atoms with Crippen molar-refractivity contribution in [3.8, 4) is 0 Å². The molecule has 0 aliphatic heterocycles. The van der Waals surface area contributed by atoms with Gasteiger partial charge in [0.05, 0.1) is 0 Å². The molecule has 0 atom stereocenters. The minimum atomic E-state index is 0.624. The first-order chi connectivity index (χ1) is 7.70. The maximum absolute atomic E-state index is 5.34. The first-order valence-corrected chi connectivity index (χ1v) is 6.06. The van der Waals surface area contributed by atoms with Gasteiger partial charge in [-0.2, -0.15) is 4.37 Å². The minimum absolute atomic E-state index is 0.624. The molecule has 3 N–H and O–H groups in total. The molecule has 0 saturated carbocycles. The molecule has 0 bridgehead atoms. The molecular weight excluding hydrogens is 244 g/mol. The van der Waals surface area contributed by atoms with E-state index in [0.29, 0.717) is 5.82 Å². The van der Waals surface area contributed by atoms with Gasteiger partial charge < -0.3 is 5.43 Å². The molecule has 2 rings (SSSR count). The summed E-state index contributed by atoms with van der Waals surface area (Å²) in [5, 5.41) is 0.833. The second-order valence-electron chi connectivity index (χ2n) is 3.01. The summed E-state index contributed by atoms with van der Waals surface area (Å²) in [5.74, 6) is 6.74. The smallest absolute Gasteiger partial charge is 0.176 e. The Kier molecular flexibility index (Phi) is 3.32. The number of nitrogen functional groups attached to an aromatic ring is 1. The zero-order valence-corrected chi connectivity index (χ0v) is 10.4. The molecule has 0 aliphatic carbocycles. The summed E-state index contributed by atoms with van der Waals surface area (Å²) in [6, 6.07) is 0. The number of aromatic nitrogens is 4. The van der Waals surface area contributed by atoms with Crippen LogP contribution < -0.4 is 11.3 Å². The topological polar surface area (TPSA) is 89.6 Å². The number of rotatable bonds is 3. The molecule has 2 heterocycles. The molecule has 8 heteroatoms. The number of anilines is 1. The minimum Gasteiger partial charge on any atom is -0.308 e. The van der Waals surface area contributed by atoms with Crippen LogP contribution in [0.5, 0.6) is 0 Å². The maximum atomic E-state index is 5.34. The van der Waals surface area contributed by atoms with Crippen LogP contribution in [-0.2, 0) is 0 Å². The molecule has 2 aromatic rings. The van der Waals surface area contributed by atoms with Crippen molar-refractivity contribution in [1.29, 1.82) is 0 Å². The van der Waals surface area contributed by atoms with Crippen molar-refractivity contribution in [2.75, 3.05) is 5.43 Å². The van der Waals surface area contributed by atoms with Crippen LogP contribution in [0.25, 0.3) is 0 Å². The Hall–Kier alpha value is -1.25. The highest BCUT2D eigenvalue weighted by Gasteiger charge is 2.10. The quantitative estimate of drug-likeness (QED) is 0.486. The van der Waals surface area contributed by atoms with Crippen molar-refractivity contribution in [1.82, 2.24) is 19.3 Å². The molecule has 0 amide bonds. The number of hydrogen-bond donors (Lipinski definition) is 2. The third-order valence-corrected chi connectivity index (χ3v) is 3.81. The van der Waals surface area contributed by atoms with Crippen molar-refractivity contribution in [2.24, 2.45) is 5.84 Å². The van der Waals surface area contributed by atoms with E-state index in [-0.39, 0.29) is 0 Å². The largest absolute Gasteiger partial charge is 0.308 e. The van der Waals surface area contributed by atoms with Gasteiger partial charge in [0, 0.05) is 5.56 Å². The summed E-state index contributed by atoms with van der Waals surface area (Å²) in [6.45, 7) is 3.77. The number of nitrogens with zero attached hydrogens (tertiary/aromatic N) is 4. The predicted octanol–water partition coefficient (Wildman–Crippen LogP) is 1.38. The van der Waals surface area contributed by atoms with Crippen LogP contribution in [0.15, 0.2) is 15.7 Å². The van der Waals surface area contributed by atoms with Gasteiger partial charge in [-0.1, -0.05) is 0 Å². The molecule has 0 radical (unpaired) electrons. The Bertz CT molecular complexity index is 497. The van der Waals surface area contributed by atoms with Crippen molar-refractivity contribution < 1.29 is 0 Å². The van der Waals surface area contributed by atoms with Crippen LogP contribution >= 0.6 is 23.3 Å². The number of hydrogen-bond acceptors (Lipinski definition) is 8. The van der Waals surface area contributed by atoms with Gasteiger partial charge in [0.2, 0.25) is 0 Å². The van der Waals surface area contributed by atoms with Crippen LogP contribution in [-0.4, -0.2) is 19.3 Å². The lowest BCUT2D eigenvalue weighted by Gasteiger charge is -2.05. The molecule has 0 unspecified atom stereocenters. The maximum Gasteiger partial charge on any atom is 0.176 e. The van der Waals surface area contributed by atoms with Gasteiger partial charge in [0.25, 0.3) is 0 Å². The molecule has 0 fully saturated rings. The molecule has 2 aromatic heterocycles. The fourth-order valence-corrected chi connectivity index (χ4v) is 2.70. The molecule has 16 heavy (non-hydrogen) atoms. The second-order valence-corrected chi connectivity index (χ2v) is 4.99. The van der Waals surface area contributed by atoms with E-state index in [4.69, 9.17) is 5.84 Å². The van der Waals surface area contributed by atoms with E-state index in [2.05, 4.69) is 24.8 Å². The Labute approximate surface area is 101 Å². The summed E-state index contributed by atoms with van der Waals surface area (Å²) in [4.78, 5) is 12.5. The predicted molar refractivity (Wildman–Crippen MR) is 63.3 cm³/mol. The van der Waals surface area contributed by atoms with E-state index in [1.54, 1.807) is 0 Å². The monoisotopic (exact) mass is 254 g/mol.